The molecule has 2 aromatic carbocycles. The molecule has 26 heavy (non-hydrogen) atoms. The van der Waals surface area contributed by atoms with Gasteiger partial charge in [-0.05, 0) is 41.7 Å². The highest BCUT2D eigenvalue weighted by Crippen LogP contribution is 2.14. The third-order valence-electron chi connectivity index (χ3n) is 4.09. The first-order chi connectivity index (χ1) is 12.8. The van der Waals surface area contributed by atoms with Crippen molar-refractivity contribution in [1.82, 2.24) is 4.98 Å². The second-order valence-corrected chi connectivity index (χ2v) is 5.84. The number of ether oxygens (including phenoxy) is 1. The van der Waals surface area contributed by atoms with E-state index in [9.17, 15) is 4.79 Å². The van der Waals surface area contributed by atoms with Crippen LogP contribution in [0.15, 0.2) is 77.9 Å². The maximum atomic E-state index is 11.4. The Morgan fingerprint density at radius 3 is 2.50 bits per heavy atom. The van der Waals surface area contributed by atoms with Crippen LogP contribution in [-0.2, 0) is 17.6 Å². The number of aromatic nitrogens is 1. The summed E-state index contributed by atoms with van der Waals surface area (Å²) in [4.78, 5) is 20.1. The van der Waals surface area contributed by atoms with Gasteiger partial charge in [0, 0.05) is 12.4 Å². The molecule has 0 unspecified atom stereocenters. The number of rotatable bonds is 6. The predicted molar refractivity (Wildman–Crippen MR) is 103 cm³/mol. The molecule has 1 heterocycles. The van der Waals surface area contributed by atoms with Gasteiger partial charge in [0.2, 0.25) is 0 Å². The highest BCUT2D eigenvalue weighted by molar-refractivity contribution is 5.89. The molecule has 0 N–H and O–H groups in total. The number of aryl methyl sites for hydroxylation is 2. The van der Waals surface area contributed by atoms with E-state index in [1.807, 2.05) is 30.5 Å². The monoisotopic (exact) mass is 344 g/mol. The molecular formula is C22H20N2O2. The van der Waals surface area contributed by atoms with Gasteiger partial charge in [0.05, 0.1) is 12.7 Å². The molecule has 0 aliphatic carbocycles. The molecule has 0 aliphatic heterocycles. The van der Waals surface area contributed by atoms with Crippen molar-refractivity contribution in [3.05, 3.63) is 95.2 Å². The number of esters is 1. The summed E-state index contributed by atoms with van der Waals surface area (Å²) in [5, 5.41) is 0. The van der Waals surface area contributed by atoms with E-state index in [4.69, 9.17) is 0 Å². The van der Waals surface area contributed by atoms with Crippen LogP contribution >= 0.6 is 0 Å². The molecule has 0 atom stereocenters. The van der Waals surface area contributed by atoms with Gasteiger partial charge in [-0.15, -0.1) is 0 Å². The average Bonchev–Trinajstić information content (AvgIpc) is 2.72. The van der Waals surface area contributed by atoms with Crippen molar-refractivity contribution in [2.45, 2.75) is 12.8 Å². The first-order valence-corrected chi connectivity index (χ1v) is 8.46. The maximum Gasteiger partial charge on any atom is 0.339 e. The standard InChI is InChI=1S/C22H20N2O2/c1-26-22(25)20-13-14-21(24-16-20)23-15-19-10-6-5-9-18(19)12-11-17-7-3-2-4-8-17/h2-10,13-16H,11-12H2,1H3. The first-order valence-electron chi connectivity index (χ1n) is 8.46. The molecule has 1 aromatic heterocycles. The molecule has 0 radical (unpaired) electrons. The molecule has 0 saturated heterocycles. The third-order valence-corrected chi connectivity index (χ3v) is 4.09. The molecule has 0 amide bonds. The van der Waals surface area contributed by atoms with Crippen LogP contribution in [0.4, 0.5) is 5.82 Å². The minimum absolute atomic E-state index is 0.403. The van der Waals surface area contributed by atoms with Crippen LogP contribution in [0.2, 0.25) is 0 Å². The summed E-state index contributed by atoms with van der Waals surface area (Å²) < 4.78 is 4.67. The fourth-order valence-electron chi connectivity index (χ4n) is 2.65. The normalized spacial score (nSPS) is 10.8. The van der Waals surface area contributed by atoms with E-state index in [0.717, 1.165) is 18.4 Å². The number of pyridine rings is 1. The second-order valence-electron chi connectivity index (χ2n) is 5.84. The van der Waals surface area contributed by atoms with Crippen LogP contribution in [0.25, 0.3) is 0 Å². The summed E-state index contributed by atoms with van der Waals surface area (Å²) in [6.45, 7) is 0. The Morgan fingerprint density at radius 2 is 1.77 bits per heavy atom. The van der Waals surface area contributed by atoms with Crippen LogP contribution in [0, 0.1) is 0 Å². The van der Waals surface area contributed by atoms with Gasteiger partial charge in [-0.1, -0.05) is 54.6 Å². The van der Waals surface area contributed by atoms with E-state index in [0.29, 0.717) is 11.4 Å². The van der Waals surface area contributed by atoms with Crippen molar-refractivity contribution in [2.75, 3.05) is 7.11 Å². The second kappa shape index (κ2) is 8.72. The molecule has 3 rings (SSSR count). The highest BCUT2D eigenvalue weighted by atomic mass is 16.5. The quantitative estimate of drug-likeness (QED) is 0.492. The molecule has 130 valence electrons. The average molecular weight is 344 g/mol. The molecule has 4 heteroatoms. The minimum Gasteiger partial charge on any atom is -0.465 e. The van der Waals surface area contributed by atoms with Gasteiger partial charge in [0.1, 0.15) is 0 Å². The molecular weight excluding hydrogens is 324 g/mol. The molecule has 4 nitrogen and oxygen atoms in total. The van der Waals surface area contributed by atoms with Crippen molar-refractivity contribution in [3.63, 3.8) is 0 Å². The van der Waals surface area contributed by atoms with E-state index in [1.54, 1.807) is 12.1 Å². The Kier molecular flexibility index (Phi) is 5.88. The SMILES string of the molecule is COC(=O)c1ccc(N=Cc2ccccc2CCc2ccccc2)nc1. The maximum absolute atomic E-state index is 11.4. The number of benzene rings is 2. The van der Waals surface area contributed by atoms with E-state index >= 15 is 0 Å². The molecule has 3 aromatic rings. The predicted octanol–water partition coefficient (Wildman–Crippen LogP) is 4.40. The molecule has 0 fully saturated rings. The molecule has 0 aliphatic rings. The Labute approximate surface area is 153 Å². The lowest BCUT2D eigenvalue weighted by Crippen LogP contribution is -2.01. The van der Waals surface area contributed by atoms with Gasteiger partial charge in [-0.3, -0.25) is 0 Å². The lowest BCUT2D eigenvalue weighted by Gasteiger charge is -2.06. The number of aliphatic imine (C=N–C) groups is 1. The Bertz CT molecular complexity index is 888. The van der Waals surface area contributed by atoms with Gasteiger partial charge >= 0.3 is 5.97 Å². The number of carbonyl (C=O) groups excluding carboxylic acids is 1. The summed E-state index contributed by atoms with van der Waals surface area (Å²) in [7, 11) is 1.35. The van der Waals surface area contributed by atoms with Crippen LogP contribution in [-0.4, -0.2) is 24.3 Å². The highest BCUT2D eigenvalue weighted by Gasteiger charge is 2.05. The van der Waals surface area contributed by atoms with Gasteiger partial charge in [-0.2, -0.15) is 0 Å². The lowest BCUT2D eigenvalue weighted by atomic mass is 10.0. The van der Waals surface area contributed by atoms with Gasteiger partial charge in [0.15, 0.2) is 5.82 Å². The zero-order chi connectivity index (χ0) is 18.2. The fraction of sp³-hybridized carbons (Fsp3) is 0.136. The number of hydrogen-bond donors (Lipinski definition) is 0. The summed E-state index contributed by atoms with van der Waals surface area (Å²) in [5.41, 5.74) is 4.04. The van der Waals surface area contributed by atoms with Crippen molar-refractivity contribution < 1.29 is 9.53 Å². The molecule has 0 spiro atoms. The fourth-order valence-corrected chi connectivity index (χ4v) is 2.65. The van der Waals surface area contributed by atoms with E-state index < -0.39 is 5.97 Å². The largest absolute Gasteiger partial charge is 0.465 e. The molecule has 0 bridgehead atoms. The summed E-state index contributed by atoms with van der Waals surface area (Å²) in [5.74, 6) is 0.148. The Hall–Kier alpha value is -3.27. The van der Waals surface area contributed by atoms with Crippen molar-refractivity contribution in [1.29, 1.82) is 0 Å². The van der Waals surface area contributed by atoms with E-state index in [1.165, 1.54) is 24.4 Å². The third kappa shape index (κ3) is 4.63. The van der Waals surface area contributed by atoms with Gasteiger partial charge in [-0.25, -0.2) is 14.8 Å². The molecule has 0 saturated carbocycles. The van der Waals surface area contributed by atoms with Crippen molar-refractivity contribution in [3.8, 4) is 0 Å². The number of nitrogens with zero attached hydrogens (tertiary/aromatic N) is 2. The van der Waals surface area contributed by atoms with Crippen LogP contribution < -0.4 is 0 Å². The van der Waals surface area contributed by atoms with Crippen LogP contribution in [0.1, 0.15) is 27.0 Å². The van der Waals surface area contributed by atoms with Crippen LogP contribution in [0.3, 0.4) is 0 Å². The summed E-state index contributed by atoms with van der Waals surface area (Å²) in [6, 6.07) is 22.0. The Balaban J connectivity index is 1.71. The minimum atomic E-state index is -0.403. The topological polar surface area (TPSA) is 51.5 Å². The number of carbonyl (C=O) groups is 1. The van der Waals surface area contributed by atoms with E-state index in [-0.39, 0.29) is 0 Å². The number of hydrogen-bond acceptors (Lipinski definition) is 4. The summed E-state index contributed by atoms with van der Waals surface area (Å²) in [6.07, 6.45) is 5.22. The van der Waals surface area contributed by atoms with Crippen molar-refractivity contribution in [2.24, 2.45) is 4.99 Å². The van der Waals surface area contributed by atoms with E-state index in [2.05, 4.69) is 45.0 Å². The smallest absolute Gasteiger partial charge is 0.339 e. The zero-order valence-corrected chi connectivity index (χ0v) is 14.6. The lowest BCUT2D eigenvalue weighted by molar-refractivity contribution is 0.0600. The zero-order valence-electron chi connectivity index (χ0n) is 14.6. The van der Waals surface area contributed by atoms with Gasteiger partial charge < -0.3 is 4.74 Å². The van der Waals surface area contributed by atoms with Crippen molar-refractivity contribution >= 4 is 18.0 Å². The Morgan fingerprint density at radius 1 is 1.00 bits per heavy atom. The summed E-state index contributed by atoms with van der Waals surface area (Å²) >= 11 is 0. The van der Waals surface area contributed by atoms with Gasteiger partial charge in [0.25, 0.3) is 0 Å². The van der Waals surface area contributed by atoms with Crippen LogP contribution in [0.5, 0.6) is 0 Å². The number of methoxy groups -OCH3 is 1. The first kappa shape index (κ1) is 17.5.